The molecule has 32 heavy (non-hydrogen) atoms. The highest BCUT2D eigenvalue weighted by atomic mass is 19.4. The first-order valence-electron chi connectivity index (χ1n) is 8.34. The van der Waals surface area contributed by atoms with E-state index >= 15 is 0 Å². The van der Waals surface area contributed by atoms with Crippen molar-refractivity contribution in [3.8, 4) is 22.6 Å². The van der Waals surface area contributed by atoms with Gasteiger partial charge in [0, 0.05) is 17.7 Å². The lowest BCUT2D eigenvalue weighted by Gasteiger charge is -2.20. The zero-order valence-corrected chi connectivity index (χ0v) is 15.2. The van der Waals surface area contributed by atoms with Crippen LogP contribution in [0.25, 0.3) is 11.1 Å². The van der Waals surface area contributed by atoms with Gasteiger partial charge in [-0.15, -0.1) is 13.2 Å². The third kappa shape index (κ3) is 4.89. The summed E-state index contributed by atoms with van der Waals surface area (Å²) in [5.41, 5.74) is -2.71. The van der Waals surface area contributed by atoms with Crippen molar-refractivity contribution >= 4 is 0 Å². The van der Waals surface area contributed by atoms with Crippen molar-refractivity contribution in [2.75, 3.05) is 0 Å². The molecular formula is C20H8F10O2. The molecule has 0 spiro atoms. The number of benzene rings is 3. The van der Waals surface area contributed by atoms with E-state index in [9.17, 15) is 43.9 Å². The van der Waals surface area contributed by atoms with E-state index in [0.29, 0.717) is 12.1 Å². The van der Waals surface area contributed by atoms with Crippen molar-refractivity contribution in [3.05, 3.63) is 83.2 Å². The van der Waals surface area contributed by atoms with Gasteiger partial charge in [0.25, 0.3) is 0 Å². The summed E-state index contributed by atoms with van der Waals surface area (Å²) >= 11 is 0. The fourth-order valence-electron chi connectivity index (χ4n) is 2.71. The summed E-state index contributed by atoms with van der Waals surface area (Å²) in [5, 5.41) is 0. The summed E-state index contributed by atoms with van der Waals surface area (Å²) in [4.78, 5) is 0. The summed E-state index contributed by atoms with van der Waals surface area (Å²) in [6.45, 7) is 0. The molecule has 0 saturated carbocycles. The summed E-state index contributed by atoms with van der Waals surface area (Å²) in [6.07, 6.45) is -10.4. The predicted octanol–water partition coefficient (Wildman–Crippen LogP) is 7.08. The Morgan fingerprint density at radius 2 is 1.12 bits per heavy atom. The molecule has 0 heterocycles. The van der Waals surface area contributed by atoms with E-state index in [4.69, 9.17) is 0 Å². The van der Waals surface area contributed by atoms with E-state index in [-0.39, 0.29) is 17.7 Å². The van der Waals surface area contributed by atoms with Crippen molar-refractivity contribution in [2.24, 2.45) is 0 Å². The minimum absolute atomic E-state index is 0.0956. The maximum atomic E-state index is 14.4. The molecule has 0 aliphatic heterocycles. The topological polar surface area (TPSA) is 18.5 Å². The van der Waals surface area contributed by atoms with Crippen LogP contribution in [0.1, 0.15) is 5.56 Å². The molecule has 0 bridgehead atoms. The van der Waals surface area contributed by atoms with E-state index in [1.807, 2.05) is 0 Å². The van der Waals surface area contributed by atoms with Crippen LogP contribution in [0.5, 0.6) is 11.5 Å². The van der Waals surface area contributed by atoms with Gasteiger partial charge in [-0.3, -0.25) is 0 Å². The van der Waals surface area contributed by atoms with Crippen LogP contribution in [0.4, 0.5) is 43.9 Å². The molecule has 0 radical (unpaired) electrons. The normalized spacial score (nSPS) is 12.1. The van der Waals surface area contributed by atoms with E-state index in [1.54, 1.807) is 0 Å². The number of halogens is 10. The number of ether oxygens (including phenoxy) is 2. The van der Waals surface area contributed by atoms with Gasteiger partial charge in [-0.05, 0) is 23.8 Å². The van der Waals surface area contributed by atoms with Gasteiger partial charge in [-0.1, -0.05) is 18.2 Å². The van der Waals surface area contributed by atoms with Gasteiger partial charge in [0.2, 0.25) is 5.75 Å². The standard InChI is InChI=1S/C20H8F10O2/c21-12-4-2-1-3-11(12)9-5-13(22)17(14(23)6-9)19(26,27)31-10-7-15(24)18(16(25)8-10)32-20(28,29)30/h1-8H. The van der Waals surface area contributed by atoms with Gasteiger partial charge in [-0.25, -0.2) is 22.0 Å². The Bertz CT molecular complexity index is 1110. The van der Waals surface area contributed by atoms with E-state index in [1.165, 1.54) is 12.1 Å². The van der Waals surface area contributed by atoms with Crippen LogP contribution in [0.2, 0.25) is 0 Å². The molecule has 0 N–H and O–H groups in total. The van der Waals surface area contributed by atoms with Gasteiger partial charge < -0.3 is 9.47 Å². The Morgan fingerprint density at radius 1 is 0.594 bits per heavy atom. The number of hydrogen-bond donors (Lipinski definition) is 0. The molecule has 0 aliphatic carbocycles. The van der Waals surface area contributed by atoms with Crippen molar-refractivity contribution in [3.63, 3.8) is 0 Å². The summed E-state index contributed by atoms with van der Waals surface area (Å²) in [6, 6.07) is 5.29. The lowest BCUT2D eigenvalue weighted by Crippen LogP contribution is -2.25. The fraction of sp³-hybridized carbons (Fsp3) is 0.100. The molecule has 0 fully saturated rings. The second-order valence-corrected chi connectivity index (χ2v) is 6.18. The quantitative estimate of drug-likeness (QED) is 0.371. The van der Waals surface area contributed by atoms with Crippen molar-refractivity contribution in [1.29, 1.82) is 0 Å². The second-order valence-electron chi connectivity index (χ2n) is 6.18. The van der Waals surface area contributed by atoms with Crippen LogP contribution in [0.3, 0.4) is 0 Å². The van der Waals surface area contributed by atoms with Crippen LogP contribution in [0.15, 0.2) is 48.5 Å². The summed E-state index contributed by atoms with van der Waals surface area (Å²) in [7, 11) is 0. The van der Waals surface area contributed by atoms with E-state index in [2.05, 4.69) is 9.47 Å². The van der Waals surface area contributed by atoms with Crippen LogP contribution in [-0.4, -0.2) is 6.36 Å². The minimum Gasteiger partial charge on any atom is -0.429 e. The van der Waals surface area contributed by atoms with Crippen molar-refractivity contribution < 1.29 is 53.4 Å². The fourth-order valence-corrected chi connectivity index (χ4v) is 2.71. The third-order valence-electron chi connectivity index (χ3n) is 3.95. The molecule has 2 nitrogen and oxygen atoms in total. The monoisotopic (exact) mass is 470 g/mol. The molecule has 0 saturated heterocycles. The molecule has 3 aromatic carbocycles. The molecule has 3 aromatic rings. The first-order chi connectivity index (χ1) is 14.8. The van der Waals surface area contributed by atoms with E-state index < -0.39 is 64.2 Å². The smallest absolute Gasteiger partial charge is 0.429 e. The SMILES string of the molecule is Fc1ccccc1-c1cc(F)c(C(F)(F)Oc2cc(F)c(OC(F)(F)F)c(F)c2)c(F)c1. The summed E-state index contributed by atoms with van der Waals surface area (Å²) < 4.78 is 142. The summed E-state index contributed by atoms with van der Waals surface area (Å²) in [5.74, 6) is -12.1. The average molecular weight is 470 g/mol. The molecule has 0 atom stereocenters. The maximum absolute atomic E-state index is 14.4. The zero-order valence-electron chi connectivity index (χ0n) is 15.2. The number of hydrogen-bond acceptors (Lipinski definition) is 2. The Hall–Kier alpha value is -3.44. The van der Waals surface area contributed by atoms with Crippen LogP contribution < -0.4 is 9.47 Å². The molecular weight excluding hydrogens is 462 g/mol. The van der Waals surface area contributed by atoms with Crippen molar-refractivity contribution in [1.82, 2.24) is 0 Å². The zero-order chi connectivity index (χ0) is 23.8. The molecule has 0 aliphatic rings. The average Bonchev–Trinajstić information content (AvgIpc) is 2.63. The van der Waals surface area contributed by atoms with Crippen LogP contribution >= 0.6 is 0 Å². The lowest BCUT2D eigenvalue weighted by molar-refractivity contribution is -0.276. The molecule has 0 unspecified atom stereocenters. The van der Waals surface area contributed by atoms with Gasteiger partial charge in [0.1, 0.15) is 28.8 Å². The Labute approximate surface area is 172 Å². The Balaban J connectivity index is 1.96. The number of alkyl halides is 5. The molecule has 0 aromatic heterocycles. The highest BCUT2D eigenvalue weighted by Crippen LogP contribution is 2.39. The Kier molecular flexibility index (Phi) is 5.98. The first kappa shape index (κ1) is 23.2. The van der Waals surface area contributed by atoms with Crippen LogP contribution in [-0.2, 0) is 6.11 Å². The van der Waals surface area contributed by atoms with E-state index in [0.717, 1.165) is 12.1 Å². The second kappa shape index (κ2) is 8.24. The van der Waals surface area contributed by atoms with Gasteiger partial charge in [0.15, 0.2) is 11.6 Å². The van der Waals surface area contributed by atoms with Crippen LogP contribution in [0, 0.1) is 29.1 Å². The predicted molar refractivity (Wildman–Crippen MR) is 89.3 cm³/mol. The first-order valence-corrected chi connectivity index (χ1v) is 8.34. The molecule has 170 valence electrons. The molecule has 12 heteroatoms. The molecule has 0 amide bonds. The maximum Gasteiger partial charge on any atom is 0.573 e. The highest BCUT2D eigenvalue weighted by Gasteiger charge is 2.42. The van der Waals surface area contributed by atoms with Gasteiger partial charge in [-0.2, -0.15) is 8.78 Å². The highest BCUT2D eigenvalue weighted by molar-refractivity contribution is 5.65. The number of rotatable bonds is 5. The minimum atomic E-state index is -5.49. The third-order valence-corrected chi connectivity index (χ3v) is 3.95. The largest absolute Gasteiger partial charge is 0.573 e. The van der Waals surface area contributed by atoms with Gasteiger partial charge >= 0.3 is 12.5 Å². The Morgan fingerprint density at radius 3 is 1.62 bits per heavy atom. The lowest BCUT2D eigenvalue weighted by atomic mass is 10.0. The van der Waals surface area contributed by atoms with Gasteiger partial charge in [0.05, 0.1) is 0 Å². The van der Waals surface area contributed by atoms with Crippen molar-refractivity contribution in [2.45, 2.75) is 12.5 Å². The molecule has 3 rings (SSSR count).